The van der Waals surface area contributed by atoms with E-state index >= 15 is 0 Å². The van der Waals surface area contributed by atoms with Gasteiger partial charge in [0, 0.05) is 38.3 Å². The maximum Gasteiger partial charge on any atom is 0.134 e. The number of hydrogen-bond donors (Lipinski definition) is 0. The van der Waals surface area contributed by atoms with E-state index in [1.165, 1.54) is 25.7 Å². The predicted molar refractivity (Wildman–Crippen MR) is 87.0 cm³/mol. The predicted octanol–water partition coefficient (Wildman–Crippen LogP) is 3.14. The Bertz CT molecular complexity index is 457. The molecule has 1 saturated heterocycles. The zero-order valence-corrected chi connectivity index (χ0v) is 13.8. The molecule has 4 nitrogen and oxygen atoms in total. The molecule has 2 heterocycles. The number of hydrogen-bond acceptors (Lipinski definition) is 4. The quantitative estimate of drug-likeness (QED) is 0.786. The Morgan fingerprint density at radius 3 is 2.33 bits per heavy atom. The maximum atomic E-state index is 6.05. The third kappa shape index (κ3) is 3.67. The molecule has 1 aliphatic heterocycles. The largest absolute Gasteiger partial charge is 0.354 e. The van der Waals surface area contributed by atoms with Crippen LogP contribution in [0.25, 0.3) is 0 Å². The summed E-state index contributed by atoms with van der Waals surface area (Å²) in [4.78, 5) is 13.7. The molecule has 2 fully saturated rings. The Balaban J connectivity index is 1.57. The molecule has 1 aromatic rings. The lowest BCUT2D eigenvalue weighted by Crippen LogP contribution is -2.51. The van der Waals surface area contributed by atoms with E-state index in [-0.39, 0.29) is 0 Å². The van der Waals surface area contributed by atoms with Crippen molar-refractivity contribution in [2.75, 3.05) is 31.1 Å². The van der Waals surface area contributed by atoms with Crippen molar-refractivity contribution >= 4 is 17.4 Å². The summed E-state index contributed by atoms with van der Waals surface area (Å²) in [6.45, 7) is 8.64. The summed E-state index contributed by atoms with van der Waals surface area (Å²) in [5.41, 5.74) is 0. The lowest BCUT2D eigenvalue weighted by molar-refractivity contribution is 0.132. The van der Waals surface area contributed by atoms with Crippen LogP contribution in [0.5, 0.6) is 0 Å². The first-order valence-electron chi connectivity index (χ1n) is 8.12. The molecule has 0 radical (unpaired) electrons. The molecule has 5 heteroatoms. The molecule has 0 aromatic carbocycles. The van der Waals surface area contributed by atoms with Crippen molar-refractivity contribution in [1.82, 2.24) is 14.9 Å². The number of aryl methyl sites for hydroxylation is 1. The van der Waals surface area contributed by atoms with Gasteiger partial charge in [-0.25, -0.2) is 9.97 Å². The Kier molecular flexibility index (Phi) is 4.65. The monoisotopic (exact) mass is 308 g/mol. The fourth-order valence-corrected chi connectivity index (χ4v) is 3.82. The van der Waals surface area contributed by atoms with Gasteiger partial charge in [0.2, 0.25) is 0 Å². The van der Waals surface area contributed by atoms with Gasteiger partial charge in [-0.05, 0) is 38.5 Å². The van der Waals surface area contributed by atoms with Crippen molar-refractivity contribution in [3.8, 4) is 0 Å². The second-order valence-corrected chi connectivity index (χ2v) is 6.92. The molecule has 116 valence electrons. The summed E-state index contributed by atoms with van der Waals surface area (Å²) in [7, 11) is 0. The number of halogens is 1. The van der Waals surface area contributed by atoms with Crippen LogP contribution in [0.4, 0.5) is 5.82 Å². The number of rotatable bonds is 2. The summed E-state index contributed by atoms with van der Waals surface area (Å²) in [5.74, 6) is 2.65. The van der Waals surface area contributed by atoms with E-state index in [1.807, 2.05) is 13.0 Å². The SMILES string of the molecule is Cc1nc(Cl)cc(N2CCN(C3CCC(C)CC3)CC2)n1. The van der Waals surface area contributed by atoms with E-state index in [2.05, 4.69) is 26.7 Å². The standard InChI is InChI=1S/C16H25ClN4/c1-12-3-5-14(6-4-12)20-7-9-21(10-8-20)16-11-15(17)18-13(2)19-16/h11-12,14H,3-10H2,1-2H3. The maximum absolute atomic E-state index is 6.05. The van der Waals surface area contributed by atoms with Gasteiger partial charge < -0.3 is 4.90 Å². The highest BCUT2D eigenvalue weighted by molar-refractivity contribution is 6.29. The Labute approximate surface area is 132 Å². The molecule has 0 atom stereocenters. The smallest absolute Gasteiger partial charge is 0.134 e. The fourth-order valence-electron chi connectivity index (χ4n) is 3.60. The highest BCUT2D eigenvalue weighted by Gasteiger charge is 2.27. The topological polar surface area (TPSA) is 32.3 Å². The summed E-state index contributed by atoms with van der Waals surface area (Å²) in [6.07, 6.45) is 5.54. The van der Waals surface area contributed by atoms with Crippen LogP contribution >= 0.6 is 11.6 Å². The van der Waals surface area contributed by atoms with Crippen molar-refractivity contribution in [2.24, 2.45) is 5.92 Å². The lowest BCUT2D eigenvalue weighted by atomic mass is 9.86. The van der Waals surface area contributed by atoms with Crippen molar-refractivity contribution in [1.29, 1.82) is 0 Å². The number of piperazine rings is 1. The average molecular weight is 309 g/mol. The van der Waals surface area contributed by atoms with Gasteiger partial charge in [0.05, 0.1) is 0 Å². The van der Waals surface area contributed by atoms with Crippen molar-refractivity contribution < 1.29 is 0 Å². The van der Waals surface area contributed by atoms with Gasteiger partial charge in [-0.1, -0.05) is 18.5 Å². The zero-order chi connectivity index (χ0) is 14.8. The minimum atomic E-state index is 0.543. The summed E-state index contributed by atoms with van der Waals surface area (Å²) >= 11 is 6.05. The van der Waals surface area contributed by atoms with E-state index in [9.17, 15) is 0 Å². The Morgan fingerprint density at radius 1 is 1.05 bits per heavy atom. The number of aromatic nitrogens is 2. The third-order valence-electron chi connectivity index (χ3n) is 4.93. The third-order valence-corrected chi connectivity index (χ3v) is 5.13. The van der Waals surface area contributed by atoms with Gasteiger partial charge in [0.1, 0.15) is 16.8 Å². The second-order valence-electron chi connectivity index (χ2n) is 6.53. The minimum absolute atomic E-state index is 0.543. The summed E-state index contributed by atoms with van der Waals surface area (Å²) < 4.78 is 0. The lowest BCUT2D eigenvalue weighted by Gasteiger charge is -2.42. The minimum Gasteiger partial charge on any atom is -0.354 e. The molecule has 0 bridgehead atoms. The molecular formula is C16H25ClN4. The van der Waals surface area contributed by atoms with E-state index in [4.69, 9.17) is 11.6 Å². The molecular weight excluding hydrogens is 284 g/mol. The Hall–Kier alpha value is -0.870. The van der Waals surface area contributed by atoms with Crippen LogP contribution in [-0.4, -0.2) is 47.1 Å². The number of anilines is 1. The van der Waals surface area contributed by atoms with E-state index in [1.54, 1.807) is 0 Å². The van der Waals surface area contributed by atoms with Crippen LogP contribution < -0.4 is 4.90 Å². The molecule has 1 aliphatic carbocycles. The fraction of sp³-hybridized carbons (Fsp3) is 0.750. The molecule has 1 aromatic heterocycles. The summed E-state index contributed by atoms with van der Waals surface area (Å²) in [5, 5.41) is 0.543. The van der Waals surface area contributed by atoms with Crippen molar-refractivity contribution in [2.45, 2.75) is 45.6 Å². The molecule has 0 N–H and O–H groups in total. The molecule has 21 heavy (non-hydrogen) atoms. The first-order valence-corrected chi connectivity index (χ1v) is 8.50. The van der Waals surface area contributed by atoms with Crippen molar-refractivity contribution in [3.05, 3.63) is 17.0 Å². The molecule has 0 unspecified atom stereocenters. The summed E-state index contributed by atoms with van der Waals surface area (Å²) in [6, 6.07) is 2.69. The van der Waals surface area contributed by atoms with E-state index in [0.717, 1.165) is 49.8 Å². The van der Waals surface area contributed by atoms with Gasteiger partial charge in [-0.2, -0.15) is 0 Å². The van der Waals surface area contributed by atoms with Crippen LogP contribution in [0, 0.1) is 12.8 Å². The molecule has 0 spiro atoms. The van der Waals surface area contributed by atoms with Crippen LogP contribution in [0.1, 0.15) is 38.4 Å². The van der Waals surface area contributed by atoms with Gasteiger partial charge >= 0.3 is 0 Å². The van der Waals surface area contributed by atoms with Gasteiger partial charge in [-0.15, -0.1) is 0 Å². The van der Waals surface area contributed by atoms with Crippen LogP contribution in [-0.2, 0) is 0 Å². The van der Waals surface area contributed by atoms with Gasteiger partial charge in [0.15, 0.2) is 0 Å². The van der Waals surface area contributed by atoms with Crippen LogP contribution in [0.15, 0.2) is 6.07 Å². The van der Waals surface area contributed by atoms with Crippen LogP contribution in [0.3, 0.4) is 0 Å². The Morgan fingerprint density at radius 2 is 1.71 bits per heavy atom. The first kappa shape index (κ1) is 15.0. The molecule has 0 amide bonds. The van der Waals surface area contributed by atoms with E-state index in [0.29, 0.717) is 5.15 Å². The van der Waals surface area contributed by atoms with Crippen molar-refractivity contribution in [3.63, 3.8) is 0 Å². The zero-order valence-electron chi connectivity index (χ0n) is 13.1. The first-order chi connectivity index (χ1) is 10.1. The van der Waals surface area contributed by atoms with Gasteiger partial charge in [0.25, 0.3) is 0 Å². The average Bonchev–Trinajstić information content (AvgIpc) is 2.47. The normalized spacial score (nSPS) is 27.9. The number of nitrogens with zero attached hydrogens (tertiary/aromatic N) is 4. The van der Waals surface area contributed by atoms with Crippen LogP contribution in [0.2, 0.25) is 5.15 Å². The molecule has 3 rings (SSSR count). The second kappa shape index (κ2) is 6.49. The molecule has 1 saturated carbocycles. The highest BCUT2D eigenvalue weighted by atomic mass is 35.5. The highest BCUT2D eigenvalue weighted by Crippen LogP contribution is 2.28. The van der Waals surface area contributed by atoms with Gasteiger partial charge in [-0.3, -0.25) is 4.90 Å². The molecule has 2 aliphatic rings. The van der Waals surface area contributed by atoms with E-state index < -0.39 is 0 Å².